The average molecular weight is 335 g/mol. The van der Waals surface area contributed by atoms with Gasteiger partial charge in [-0.3, -0.25) is 4.90 Å². The molecular weight excluding hydrogens is 310 g/mol. The molecule has 1 aromatic rings. The lowest BCUT2D eigenvalue weighted by Gasteiger charge is -2.37. The predicted molar refractivity (Wildman–Crippen MR) is 94.9 cm³/mol. The van der Waals surface area contributed by atoms with Crippen LogP contribution in [0.3, 0.4) is 0 Å². The molecule has 23 heavy (non-hydrogen) atoms. The van der Waals surface area contributed by atoms with E-state index < -0.39 is 0 Å². The molecule has 1 fully saturated rings. The molecule has 0 unspecified atom stereocenters. The fourth-order valence-corrected chi connectivity index (χ4v) is 3.19. The van der Waals surface area contributed by atoms with Gasteiger partial charge in [0.1, 0.15) is 0 Å². The van der Waals surface area contributed by atoms with Crippen molar-refractivity contribution in [2.75, 3.05) is 33.0 Å². The van der Waals surface area contributed by atoms with Crippen molar-refractivity contribution in [3.8, 4) is 11.5 Å². The molecule has 0 radical (unpaired) electrons. The number of nitrogens with one attached hydrogen (secondary N) is 1. The molecule has 5 nitrogen and oxygen atoms in total. The van der Waals surface area contributed by atoms with E-state index in [1.54, 1.807) is 0 Å². The lowest BCUT2D eigenvalue weighted by molar-refractivity contribution is 0.172. The number of ether oxygens (including phenoxy) is 2. The maximum atomic E-state index is 5.50. The molecule has 2 heterocycles. The summed E-state index contributed by atoms with van der Waals surface area (Å²) in [5.41, 5.74) is 1.27. The van der Waals surface area contributed by atoms with Crippen molar-refractivity contribution in [3.63, 3.8) is 0 Å². The Morgan fingerprint density at radius 3 is 2.70 bits per heavy atom. The highest BCUT2D eigenvalue weighted by Gasteiger charge is 2.20. The van der Waals surface area contributed by atoms with Gasteiger partial charge in [0, 0.05) is 38.8 Å². The monoisotopic (exact) mass is 335 g/mol. The third-order valence-corrected chi connectivity index (χ3v) is 4.86. The predicted octanol–water partition coefficient (Wildman–Crippen LogP) is 2.21. The van der Waals surface area contributed by atoms with Gasteiger partial charge >= 0.3 is 0 Å². The Balaban J connectivity index is 1.48. The van der Waals surface area contributed by atoms with Crippen molar-refractivity contribution >= 4 is 17.3 Å². The Bertz CT molecular complexity index is 559. The molecule has 0 saturated carbocycles. The summed E-state index contributed by atoms with van der Waals surface area (Å²) in [4.78, 5) is 4.73. The number of fused-ring (bicyclic) bond motifs is 1. The highest BCUT2D eigenvalue weighted by atomic mass is 32.1. The summed E-state index contributed by atoms with van der Waals surface area (Å²) in [5, 5.41) is 4.29. The second-order valence-corrected chi connectivity index (χ2v) is 6.60. The number of nitrogens with zero attached hydrogens (tertiary/aromatic N) is 2. The van der Waals surface area contributed by atoms with E-state index in [1.807, 2.05) is 6.07 Å². The van der Waals surface area contributed by atoms with Gasteiger partial charge in [0.25, 0.3) is 0 Å². The molecule has 1 N–H and O–H groups in total. The fraction of sp³-hybridized carbons (Fsp3) is 0.588. The van der Waals surface area contributed by atoms with Crippen LogP contribution in [0.5, 0.6) is 11.5 Å². The first-order chi connectivity index (χ1) is 11.2. The number of hydrogen-bond donors (Lipinski definition) is 1. The van der Waals surface area contributed by atoms with Crippen LogP contribution in [0, 0.1) is 0 Å². The summed E-state index contributed by atoms with van der Waals surface area (Å²) >= 11 is 5.50. The summed E-state index contributed by atoms with van der Waals surface area (Å²) in [6.07, 6.45) is 1.09. The third kappa shape index (κ3) is 4.06. The molecule has 1 aromatic carbocycles. The van der Waals surface area contributed by atoms with Crippen molar-refractivity contribution in [2.24, 2.45) is 0 Å². The van der Waals surface area contributed by atoms with E-state index in [4.69, 9.17) is 21.7 Å². The zero-order valence-electron chi connectivity index (χ0n) is 13.9. The summed E-state index contributed by atoms with van der Waals surface area (Å²) < 4.78 is 10.8. The van der Waals surface area contributed by atoms with Gasteiger partial charge in [-0.25, -0.2) is 0 Å². The van der Waals surface area contributed by atoms with Crippen LogP contribution in [-0.2, 0) is 6.54 Å². The minimum absolute atomic E-state index is 0.331. The molecule has 2 aliphatic heterocycles. The van der Waals surface area contributed by atoms with Crippen molar-refractivity contribution in [1.82, 2.24) is 15.1 Å². The van der Waals surface area contributed by atoms with E-state index in [-0.39, 0.29) is 0 Å². The number of hydrogen-bond acceptors (Lipinski definition) is 4. The first kappa shape index (κ1) is 16.3. The van der Waals surface area contributed by atoms with E-state index in [1.165, 1.54) is 5.56 Å². The van der Waals surface area contributed by atoms with Gasteiger partial charge in [-0.1, -0.05) is 13.0 Å². The van der Waals surface area contributed by atoms with Crippen molar-refractivity contribution in [2.45, 2.75) is 32.9 Å². The highest BCUT2D eigenvalue weighted by Crippen LogP contribution is 2.32. The third-order valence-electron chi connectivity index (χ3n) is 4.48. The van der Waals surface area contributed by atoms with Gasteiger partial charge < -0.3 is 19.7 Å². The Kier molecular flexibility index (Phi) is 5.23. The second kappa shape index (κ2) is 7.36. The minimum Gasteiger partial charge on any atom is -0.454 e. The van der Waals surface area contributed by atoms with Crippen LogP contribution in [0.2, 0.25) is 0 Å². The largest absolute Gasteiger partial charge is 0.454 e. The quantitative estimate of drug-likeness (QED) is 0.851. The zero-order valence-corrected chi connectivity index (χ0v) is 14.7. The van der Waals surface area contributed by atoms with Crippen LogP contribution in [0.25, 0.3) is 0 Å². The van der Waals surface area contributed by atoms with Crippen molar-refractivity contribution in [3.05, 3.63) is 23.8 Å². The minimum atomic E-state index is 0.331. The van der Waals surface area contributed by atoms with E-state index >= 15 is 0 Å². The highest BCUT2D eigenvalue weighted by molar-refractivity contribution is 7.80. The van der Waals surface area contributed by atoms with Crippen molar-refractivity contribution < 1.29 is 9.47 Å². The summed E-state index contributed by atoms with van der Waals surface area (Å²) in [6, 6.07) is 6.65. The van der Waals surface area contributed by atoms with E-state index in [0.29, 0.717) is 12.8 Å². The molecule has 2 aliphatic rings. The van der Waals surface area contributed by atoms with Crippen LogP contribution in [-0.4, -0.2) is 53.9 Å². The number of benzene rings is 1. The molecule has 1 atom stereocenters. The molecule has 0 bridgehead atoms. The molecule has 6 heteroatoms. The smallest absolute Gasteiger partial charge is 0.231 e. The molecule has 0 aromatic heterocycles. The van der Waals surface area contributed by atoms with E-state index in [9.17, 15) is 0 Å². The Labute approximate surface area is 143 Å². The average Bonchev–Trinajstić information content (AvgIpc) is 3.03. The van der Waals surface area contributed by atoms with Crippen LogP contribution in [0.4, 0.5) is 0 Å². The fourth-order valence-electron chi connectivity index (χ4n) is 2.81. The Hall–Kier alpha value is -1.53. The second-order valence-electron chi connectivity index (χ2n) is 6.21. The maximum Gasteiger partial charge on any atom is 0.231 e. The van der Waals surface area contributed by atoms with Crippen LogP contribution in [0.15, 0.2) is 18.2 Å². The Morgan fingerprint density at radius 1 is 1.22 bits per heavy atom. The van der Waals surface area contributed by atoms with Crippen LogP contribution < -0.4 is 14.8 Å². The molecule has 0 spiro atoms. The van der Waals surface area contributed by atoms with Gasteiger partial charge in [-0.05, 0) is 43.3 Å². The summed E-state index contributed by atoms with van der Waals surface area (Å²) in [6.45, 7) is 9.62. The van der Waals surface area contributed by atoms with E-state index in [2.05, 4.69) is 41.1 Å². The summed E-state index contributed by atoms with van der Waals surface area (Å²) in [7, 11) is 0. The normalized spacial score (nSPS) is 18.8. The molecular formula is C17H25N3O2S. The number of thiocarbonyl (C=S) groups is 1. The molecule has 1 saturated heterocycles. The van der Waals surface area contributed by atoms with E-state index in [0.717, 1.165) is 55.8 Å². The van der Waals surface area contributed by atoms with Crippen LogP contribution >= 0.6 is 12.2 Å². The molecule has 126 valence electrons. The SMILES string of the molecule is CC[C@H](C)NC(=S)N1CCN(Cc2ccc3c(c2)OCO3)CC1. The molecule has 3 rings (SSSR count). The molecule has 0 aliphatic carbocycles. The van der Waals surface area contributed by atoms with Crippen LogP contribution in [0.1, 0.15) is 25.8 Å². The van der Waals surface area contributed by atoms with Gasteiger partial charge in [-0.15, -0.1) is 0 Å². The van der Waals surface area contributed by atoms with Gasteiger partial charge in [-0.2, -0.15) is 0 Å². The maximum absolute atomic E-state index is 5.50. The van der Waals surface area contributed by atoms with Gasteiger partial charge in [0.2, 0.25) is 6.79 Å². The lowest BCUT2D eigenvalue weighted by atomic mass is 10.1. The standard InChI is InChI=1S/C17H25N3O2S/c1-3-13(2)18-17(23)20-8-6-19(7-9-20)11-14-4-5-15-16(10-14)22-12-21-15/h4-5,10,13H,3,6-9,11-12H2,1-2H3,(H,18,23)/t13-/m0/s1. The van der Waals surface area contributed by atoms with Gasteiger partial charge in [0.15, 0.2) is 16.6 Å². The zero-order chi connectivity index (χ0) is 16.2. The van der Waals surface area contributed by atoms with Crippen molar-refractivity contribution in [1.29, 1.82) is 0 Å². The Morgan fingerprint density at radius 2 is 1.96 bits per heavy atom. The summed E-state index contributed by atoms with van der Waals surface area (Å²) in [5.74, 6) is 1.71. The number of rotatable bonds is 4. The molecule has 0 amide bonds. The number of piperazine rings is 1. The first-order valence-electron chi connectivity index (χ1n) is 8.32. The first-order valence-corrected chi connectivity index (χ1v) is 8.73. The van der Waals surface area contributed by atoms with Gasteiger partial charge in [0.05, 0.1) is 0 Å². The topological polar surface area (TPSA) is 37.0 Å². The lowest BCUT2D eigenvalue weighted by Crippen LogP contribution is -2.52.